The van der Waals surface area contributed by atoms with E-state index in [4.69, 9.17) is 15.2 Å². The molecule has 0 fully saturated rings. The van der Waals surface area contributed by atoms with Crippen LogP contribution in [0.1, 0.15) is 16.5 Å². The Morgan fingerprint density at radius 2 is 2.00 bits per heavy atom. The van der Waals surface area contributed by atoms with E-state index < -0.39 is 0 Å². The lowest BCUT2D eigenvalue weighted by Gasteiger charge is -2.12. The van der Waals surface area contributed by atoms with E-state index in [1.54, 1.807) is 25.6 Å². The lowest BCUT2D eigenvalue weighted by molar-refractivity contribution is 0.412. The minimum Gasteiger partial charge on any atom is -0.496 e. The fourth-order valence-electron chi connectivity index (χ4n) is 1.64. The summed E-state index contributed by atoms with van der Waals surface area (Å²) in [5.74, 6) is 1.65. The van der Waals surface area contributed by atoms with E-state index in [1.165, 1.54) is 0 Å². The molecule has 0 saturated heterocycles. The van der Waals surface area contributed by atoms with E-state index in [2.05, 4.69) is 15.9 Å². The van der Waals surface area contributed by atoms with Gasteiger partial charge in [0.2, 0.25) is 0 Å². The van der Waals surface area contributed by atoms with Crippen molar-refractivity contribution in [2.75, 3.05) is 14.2 Å². The number of hydrogen-bond acceptors (Lipinski definition) is 4. The number of benzene rings is 1. The van der Waals surface area contributed by atoms with E-state index in [0.717, 1.165) is 26.4 Å². The van der Waals surface area contributed by atoms with Crippen molar-refractivity contribution in [1.29, 1.82) is 0 Å². The second-order valence-electron chi connectivity index (χ2n) is 3.76. The van der Waals surface area contributed by atoms with Gasteiger partial charge in [0.25, 0.3) is 0 Å². The Bertz CT molecular complexity index is 542. The summed E-state index contributed by atoms with van der Waals surface area (Å²) in [6, 6.07) is 7.68. The predicted molar refractivity (Wildman–Crippen MR) is 77.6 cm³/mol. The average Bonchev–Trinajstić information content (AvgIpc) is 2.86. The highest BCUT2D eigenvalue weighted by Gasteiger charge is 2.13. The number of halogens is 1. The Hall–Kier alpha value is -1.04. The third kappa shape index (κ3) is 2.68. The molecule has 1 aromatic carbocycles. The maximum absolute atomic E-state index is 6.24. The summed E-state index contributed by atoms with van der Waals surface area (Å²) in [4.78, 5) is 1.07. The van der Waals surface area contributed by atoms with Crippen molar-refractivity contribution in [1.82, 2.24) is 0 Å². The Kier molecular flexibility index (Phi) is 4.27. The molecule has 96 valence electrons. The lowest BCUT2D eigenvalue weighted by Crippen LogP contribution is -2.10. The minimum absolute atomic E-state index is 0.152. The molecule has 0 amide bonds. The Morgan fingerprint density at radius 1 is 1.22 bits per heavy atom. The third-order valence-electron chi connectivity index (χ3n) is 2.67. The first-order valence-electron chi connectivity index (χ1n) is 5.37. The highest BCUT2D eigenvalue weighted by Crippen LogP contribution is 2.33. The Morgan fingerprint density at radius 3 is 2.56 bits per heavy atom. The Balaban J connectivity index is 2.27. The Labute approximate surface area is 119 Å². The first-order valence-corrected chi connectivity index (χ1v) is 7.04. The molecule has 1 unspecified atom stereocenters. The summed E-state index contributed by atoms with van der Waals surface area (Å²) in [5.41, 5.74) is 7.27. The van der Waals surface area contributed by atoms with Gasteiger partial charge in [0.1, 0.15) is 11.5 Å². The van der Waals surface area contributed by atoms with Gasteiger partial charge >= 0.3 is 0 Å². The van der Waals surface area contributed by atoms with E-state index in [0.29, 0.717) is 0 Å². The molecule has 2 rings (SSSR count). The van der Waals surface area contributed by atoms with Gasteiger partial charge in [0.15, 0.2) is 0 Å². The lowest BCUT2D eigenvalue weighted by atomic mass is 10.1. The molecule has 3 nitrogen and oxygen atoms in total. The number of methoxy groups -OCH3 is 2. The highest BCUT2D eigenvalue weighted by atomic mass is 79.9. The molecule has 0 bridgehead atoms. The molecule has 2 N–H and O–H groups in total. The molecule has 0 aliphatic rings. The largest absolute Gasteiger partial charge is 0.496 e. The molecular weight excluding hydrogens is 314 g/mol. The highest BCUT2D eigenvalue weighted by molar-refractivity contribution is 9.10. The van der Waals surface area contributed by atoms with Crippen LogP contribution in [0.15, 0.2) is 34.1 Å². The third-order valence-corrected chi connectivity index (χ3v) is 4.29. The summed E-state index contributed by atoms with van der Waals surface area (Å²) < 4.78 is 11.3. The summed E-state index contributed by atoms with van der Waals surface area (Å²) in [5, 5.41) is 1.95. The van der Waals surface area contributed by atoms with Crippen molar-refractivity contribution in [3.05, 3.63) is 44.6 Å². The van der Waals surface area contributed by atoms with Crippen LogP contribution in [0.2, 0.25) is 0 Å². The van der Waals surface area contributed by atoms with Crippen molar-refractivity contribution >= 4 is 27.3 Å². The molecule has 2 aromatic rings. The average molecular weight is 328 g/mol. The second kappa shape index (κ2) is 5.73. The summed E-state index contributed by atoms with van der Waals surface area (Å²) in [6.45, 7) is 0. The summed E-state index contributed by atoms with van der Waals surface area (Å²) in [6.07, 6.45) is 0. The fraction of sp³-hybridized carbons (Fsp3) is 0.231. The minimum atomic E-state index is -0.152. The van der Waals surface area contributed by atoms with Crippen LogP contribution in [0.5, 0.6) is 11.5 Å². The maximum Gasteiger partial charge on any atom is 0.133 e. The van der Waals surface area contributed by atoms with Crippen LogP contribution in [-0.2, 0) is 0 Å². The first kappa shape index (κ1) is 13.4. The monoisotopic (exact) mass is 327 g/mol. The van der Waals surface area contributed by atoms with Gasteiger partial charge in [-0.15, -0.1) is 11.3 Å². The van der Waals surface area contributed by atoms with Crippen LogP contribution in [-0.4, -0.2) is 14.2 Å². The molecule has 1 atom stereocenters. The molecule has 0 radical (unpaired) electrons. The van der Waals surface area contributed by atoms with Gasteiger partial charge < -0.3 is 15.2 Å². The number of rotatable bonds is 4. The van der Waals surface area contributed by atoms with Crippen molar-refractivity contribution in [3.8, 4) is 11.5 Å². The van der Waals surface area contributed by atoms with Crippen molar-refractivity contribution < 1.29 is 9.47 Å². The van der Waals surface area contributed by atoms with Crippen LogP contribution in [0.25, 0.3) is 0 Å². The van der Waals surface area contributed by atoms with Gasteiger partial charge in [0.05, 0.1) is 24.7 Å². The number of hydrogen-bond donors (Lipinski definition) is 1. The summed E-state index contributed by atoms with van der Waals surface area (Å²) >= 11 is 5.06. The second-order valence-corrected chi connectivity index (χ2v) is 5.56. The van der Waals surface area contributed by atoms with Gasteiger partial charge in [-0.05, 0) is 39.7 Å². The smallest absolute Gasteiger partial charge is 0.133 e. The predicted octanol–water partition coefficient (Wildman–Crippen LogP) is 3.58. The molecule has 18 heavy (non-hydrogen) atoms. The molecule has 0 saturated carbocycles. The standard InChI is InChI=1S/C13H14BrNO2S/c1-16-9-6-12(18-7-9)13(15)8-3-4-11(17-2)10(14)5-8/h3-7,13H,15H2,1-2H3. The maximum atomic E-state index is 6.24. The SMILES string of the molecule is COc1csc(C(N)c2ccc(OC)c(Br)c2)c1. The molecule has 1 aromatic heterocycles. The topological polar surface area (TPSA) is 44.5 Å². The normalized spacial score (nSPS) is 12.2. The number of thiophene rings is 1. The van der Waals surface area contributed by atoms with E-state index in [9.17, 15) is 0 Å². The molecular formula is C13H14BrNO2S. The van der Waals surface area contributed by atoms with Gasteiger partial charge in [-0.1, -0.05) is 6.07 Å². The molecule has 5 heteroatoms. The zero-order valence-corrected chi connectivity index (χ0v) is 12.5. The van der Waals surface area contributed by atoms with E-state index >= 15 is 0 Å². The van der Waals surface area contributed by atoms with Crippen LogP contribution < -0.4 is 15.2 Å². The van der Waals surface area contributed by atoms with Gasteiger partial charge in [-0.2, -0.15) is 0 Å². The number of nitrogens with two attached hydrogens (primary N) is 1. The summed E-state index contributed by atoms with van der Waals surface area (Å²) in [7, 11) is 3.30. The first-order chi connectivity index (χ1) is 8.65. The fourth-order valence-corrected chi connectivity index (χ4v) is 3.09. The van der Waals surface area contributed by atoms with E-state index in [-0.39, 0.29) is 6.04 Å². The van der Waals surface area contributed by atoms with Gasteiger partial charge in [-0.25, -0.2) is 0 Å². The number of ether oxygens (including phenoxy) is 2. The molecule has 0 aliphatic carbocycles. The van der Waals surface area contributed by atoms with Crippen LogP contribution in [0.3, 0.4) is 0 Å². The van der Waals surface area contributed by atoms with Crippen molar-refractivity contribution in [3.63, 3.8) is 0 Å². The van der Waals surface area contributed by atoms with Crippen LogP contribution in [0.4, 0.5) is 0 Å². The van der Waals surface area contributed by atoms with Gasteiger partial charge in [-0.3, -0.25) is 0 Å². The molecule has 0 aliphatic heterocycles. The quantitative estimate of drug-likeness (QED) is 0.933. The zero-order chi connectivity index (χ0) is 13.1. The van der Waals surface area contributed by atoms with Crippen LogP contribution in [0, 0.1) is 0 Å². The zero-order valence-electron chi connectivity index (χ0n) is 10.1. The van der Waals surface area contributed by atoms with Crippen molar-refractivity contribution in [2.45, 2.75) is 6.04 Å². The van der Waals surface area contributed by atoms with Gasteiger partial charge in [0, 0.05) is 10.3 Å². The van der Waals surface area contributed by atoms with E-state index in [1.807, 2.05) is 29.6 Å². The van der Waals surface area contributed by atoms with Crippen LogP contribution >= 0.6 is 27.3 Å². The molecule has 1 heterocycles. The van der Waals surface area contributed by atoms with Crippen molar-refractivity contribution in [2.24, 2.45) is 5.73 Å². The molecule has 0 spiro atoms.